The molecule has 0 saturated heterocycles. The number of aliphatic carboxylic acids is 1. The van der Waals surface area contributed by atoms with Gasteiger partial charge in [-0.25, -0.2) is 0 Å². The van der Waals surface area contributed by atoms with Crippen LogP contribution in [0.1, 0.15) is 303 Å². The number of unbranched alkanes of at least 4 members (excludes halogenated alkanes) is 38. The zero-order valence-electron chi connectivity index (χ0n) is 50.8. The van der Waals surface area contributed by atoms with Gasteiger partial charge in [-0.05, 0) is 89.9 Å². The molecular formula is C64H130ClN2NaO6. The molecule has 8 nitrogen and oxygen atoms in total. The Hall–Kier alpha value is 0. The number of quaternary nitrogens is 2. The topological polar surface area (TPSA) is 124 Å². The minimum atomic E-state index is -0.913. The predicted octanol–water partition coefficient (Wildman–Crippen LogP) is 9.28. The third kappa shape index (κ3) is 72.0. The van der Waals surface area contributed by atoms with E-state index in [2.05, 4.69) is 59.2 Å². The van der Waals surface area contributed by atoms with E-state index in [1.54, 1.807) is 0 Å². The van der Waals surface area contributed by atoms with Crippen LogP contribution in [0.15, 0.2) is 24.3 Å². The minimum absolute atomic E-state index is 0. The summed E-state index contributed by atoms with van der Waals surface area (Å²) in [5, 5.41) is 48.5. The standard InChI is InChI=1S/C27H56NO2.C27H55NO2.C10H20O2.ClH.Na/c2*1-3-4-5-6-7-8-9-10-11-12-13-14-15-16-17-18-19-20-21-22-23-28(2,24-26-29)25-27-30;1-2-3-4-5-6-7-8-9-10(11)12;;/h10-11,29-30H,3-9,12-27H2,1-2H3;10-11,29H,3-9,12-27H2,1-2H3;2-9H2,1H3,(H,11,12);1H;/q+1;;;;+1/p-2/b2*11-10-;;;. The van der Waals surface area contributed by atoms with Gasteiger partial charge in [0, 0.05) is 5.97 Å². The van der Waals surface area contributed by atoms with E-state index < -0.39 is 5.97 Å². The van der Waals surface area contributed by atoms with E-state index in [4.69, 9.17) is 0 Å². The fourth-order valence-corrected chi connectivity index (χ4v) is 9.74. The van der Waals surface area contributed by atoms with Crippen molar-refractivity contribution >= 4 is 5.97 Å². The van der Waals surface area contributed by atoms with Crippen molar-refractivity contribution in [3.63, 3.8) is 0 Å². The Bertz CT molecular complexity index is 1000. The van der Waals surface area contributed by atoms with Crippen molar-refractivity contribution in [2.45, 2.75) is 303 Å². The normalized spacial score (nSPS) is 12.2. The van der Waals surface area contributed by atoms with Gasteiger partial charge in [0.15, 0.2) is 0 Å². The Morgan fingerprint density at radius 3 is 0.797 bits per heavy atom. The summed E-state index contributed by atoms with van der Waals surface area (Å²) in [6, 6.07) is 0. The first-order valence-electron chi connectivity index (χ1n) is 31.7. The number of aliphatic hydroxyl groups excluding tert-OH is 3. The molecule has 0 aromatic carbocycles. The Balaban J connectivity index is -0.000000344. The molecule has 0 aliphatic carbocycles. The number of aliphatic hydroxyl groups is 3. The number of carbonyl (C=O) groups is 1. The number of hydrogen-bond acceptors (Lipinski definition) is 6. The van der Waals surface area contributed by atoms with Crippen LogP contribution in [-0.2, 0) is 4.79 Å². The summed E-state index contributed by atoms with van der Waals surface area (Å²) in [7, 11) is 4.26. The summed E-state index contributed by atoms with van der Waals surface area (Å²) < 4.78 is 1.55. The molecule has 0 rings (SSSR count). The van der Waals surface area contributed by atoms with Gasteiger partial charge in [-0.15, -0.1) is 0 Å². The summed E-state index contributed by atoms with van der Waals surface area (Å²) >= 11 is 0. The Kier molecular flexibility index (Phi) is 79.5. The number of hydrogen-bond donors (Lipinski definition) is 3. The SMILES string of the molecule is CCCCCCCC/C=C\CCCCCCCCCCCC[N+](C)(CCO)CCO.CCCCCCCC/C=C\CCCCCCCCCCCC[N+](C)(CC[O-])CCO.CCCCCCCCCC(=O)[O-].[Cl-].[Na+]. The van der Waals surface area contributed by atoms with E-state index in [1.807, 2.05) is 0 Å². The van der Waals surface area contributed by atoms with Gasteiger partial charge in [-0.2, -0.15) is 0 Å². The number of carboxylic acid groups (broad SMARTS) is 1. The predicted molar refractivity (Wildman–Crippen MR) is 311 cm³/mol. The first-order valence-corrected chi connectivity index (χ1v) is 31.7. The summed E-state index contributed by atoms with van der Waals surface area (Å²) in [5.41, 5.74) is 0. The average molecular weight is 1080 g/mol. The van der Waals surface area contributed by atoms with Gasteiger partial charge in [0.1, 0.15) is 19.6 Å². The number of carboxylic acids is 1. The molecule has 0 amide bonds. The number of nitrogens with zero attached hydrogens (tertiary/aromatic N) is 2. The first kappa shape index (κ1) is 82.8. The van der Waals surface area contributed by atoms with Crippen molar-refractivity contribution < 1.29 is 81.3 Å². The van der Waals surface area contributed by atoms with Crippen molar-refractivity contribution in [1.82, 2.24) is 0 Å². The monoisotopic (exact) mass is 1080 g/mol. The summed E-state index contributed by atoms with van der Waals surface area (Å²) in [6.45, 7) is 12.3. The molecular weight excluding hydrogens is 951 g/mol. The van der Waals surface area contributed by atoms with E-state index in [-0.39, 0.29) is 74.8 Å². The zero-order valence-corrected chi connectivity index (χ0v) is 53.6. The van der Waals surface area contributed by atoms with E-state index in [9.17, 15) is 30.3 Å². The van der Waals surface area contributed by atoms with Crippen molar-refractivity contribution in [3.05, 3.63) is 24.3 Å². The fourth-order valence-electron chi connectivity index (χ4n) is 9.74. The van der Waals surface area contributed by atoms with Crippen LogP contribution in [0.25, 0.3) is 0 Å². The second kappa shape index (κ2) is 71.0. The van der Waals surface area contributed by atoms with E-state index in [0.29, 0.717) is 6.54 Å². The van der Waals surface area contributed by atoms with Crippen LogP contribution in [0.2, 0.25) is 0 Å². The molecule has 0 saturated carbocycles. The number of likely N-dealkylation sites (N-methyl/N-ethyl adjacent to an activating group) is 2. The van der Waals surface area contributed by atoms with Crippen LogP contribution in [0.5, 0.6) is 0 Å². The van der Waals surface area contributed by atoms with Gasteiger partial charge in [0.2, 0.25) is 0 Å². The number of carbonyl (C=O) groups excluding carboxylic acids is 1. The molecule has 10 heteroatoms. The quantitative estimate of drug-likeness (QED) is 0.0242. The molecule has 0 aromatic rings. The van der Waals surface area contributed by atoms with Crippen LogP contribution < -0.4 is 52.2 Å². The Morgan fingerprint density at radius 2 is 0.568 bits per heavy atom. The minimum Gasteiger partial charge on any atom is -1.00 e. The number of halogens is 1. The van der Waals surface area contributed by atoms with E-state index in [0.717, 1.165) is 54.5 Å². The molecule has 0 spiro atoms. The molecule has 0 heterocycles. The Labute approximate surface area is 491 Å². The summed E-state index contributed by atoms with van der Waals surface area (Å²) in [6.07, 6.45) is 66.9. The third-order valence-electron chi connectivity index (χ3n) is 15.0. The van der Waals surface area contributed by atoms with Gasteiger partial charge in [-0.3, -0.25) is 0 Å². The van der Waals surface area contributed by atoms with Crippen molar-refractivity contribution in [1.29, 1.82) is 0 Å². The smallest absolute Gasteiger partial charge is 1.00 e. The van der Waals surface area contributed by atoms with Crippen LogP contribution in [0.3, 0.4) is 0 Å². The number of rotatable bonds is 56. The maximum Gasteiger partial charge on any atom is 1.00 e. The maximum atomic E-state index is 10.9. The van der Waals surface area contributed by atoms with E-state index in [1.165, 1.54) is 263 Å². The molecule has 74 heavy (non-hydrogen) atoms. The van der Waals surface area contributed by atoms with Crippen molar-refractivity contribution in [3.8, 4) is 0 Å². The third-order valence-corrected chi connectivity index (χ3v) is 15.0. The van der Waals surface area contributed by atoms with Crippen LogP contribution in [0.4, 0.5) is 0 Å². The van der Waals surface area contributed by atoms with Crippen LogP contribution in [-0.4, -0.2) is 110 Å². The van der Waals surface area contributed by atoms with Gasteiger partial charge < -0.3 is 51.7 Å². The van der Waals surface area contributed by atoms with Gasteiger partial charge in [0.25, 0.3) is 0 Å². The number of allylic oxidation sites excluding steroid dienone is 4. The Morgan fingerprint density at radius 1 is 0.351 bits per heavy atom. The van der Waals surface area contributed by atoms with Gasteiger partial charge in [-0.1, -0.05) is 244 Å². The van der Waals surface area contributed by atoms with Gasteiger partial charge in [0.05, 0.1) is 53.6 Å². The molecule has 0 fully saturated rings. The zero-order chi connectivity index (χ0) is 53.6. The maximum absolute atomic E-state index is 10.9. The molecule has 0 aromatic heterocycles. The molecule has 440 valence electrons. The van der Waals surface area contributed by atoms with E-state index >= 15 is 0 Å². The summed E-state index contributed by atoms with van der Waals surface area (Å²) in [4.78, 5) is 10.0. The average Bonchev–Trinajstić information content (AvgIpc) is 3.35. The molecule has 0 aliphatic heterocycles. The second-order valence-corrected chi connectivity index (χ2v) is 22.4. The summed E-state index contributed by atoms with van der Waals surface area (Å²) in [5.74, 6) is -0.913. The molecule has 3 N–H and O–H groups in total. The molecule has 0 aliphatic rings. The molecule has 0 radical (unpaired) electrons. The molecule has 1 atom stereocenters. The first-order chi connectivity index (χ1) is 35.1. The molecule has 1 unspecified atom stereocenters. The van der Waals surface area contributed by atoms with Crippen molar-refractivity contribution in [2.24, 2.45) is 0 Å². The van der Waals surface area contributed by atoms with Crippen molar-refractivity contribution in [2.75, 3.05) is 79.8 Å². The fraction of sp³-hybridized carbons (Fsp3) is 0.922. The van der Waals surface area contributed by atoms with Gasteiger partial charge >= 0.3 is 29.6 Å². The molecule has 0 bridgehead atoms. The largest absolute Gasteiger partial charge is 1.00 e. The second-order valence-electron chi connectivity index (χ2n) is 22.4. The van der Waals surface area contributed by atoms with Crippen LogP contribution >= 0.6 is 0 Å². The van der Waals surface area contributed by atoms with Crippen LogP contribution in [0, 0.1) is 0 Å².